The zero-order valence-corrected chi connectivity index (χ0v) is 10.7. The van der Waals surface area contributed by atoms with Crippen LogP contribution in [0.4, 0.5) is 13.2 Å². The van der Waals surface area contributed by atoms with Gasteiger partial charge in [0.05, 0.1) is 5.02 Å². The highest BCUT2D eigenvalue weighted by Crippen LogP contribution is 2.59. The van der Waals surface area contributed by atoms with Crippen molar-refractivity contribution in [3.05, 3.63) is 34.4 Å². The van der Waals surface area contributed by atoms with Crippen LogP contribution in [-0.4, -0.2) is 5.67 Å². The summed E-state index contributed by atoms with van der Waals surface area (Å²) in [5, 5.41) is -0.0645. The minimum absolute atomic E-state index is 0.0219. The fourth-order valence-electron chi connectivity index (χ4n) is 3.60. The van der Waals surface area contributed by atoms with Gasteiger partial charge in [0.15, 0.2) is 0 Å². The van der Waals surface area contributed by atoms with E-state index in [0.717, 1.165) is 12.8 Å². The average Bonchev–Trinajstić information content (AvgIpc) is 2.83. The third-order valence-corrected chi connectivity index (χ3v) is 4.88. The van der Waals surface area contributed by atoms with Gasteiger partial charge in [-0.15, -0.1) is 0 Å². The van der Waals surface area contributed by atoms with Crippen molar-refractivity contribution < 1.29 is 13.2 Å². The lowest BCUT2D eigenvalue weighted by Gasteiger charge is -2.26. The predicted octanol–water partition coefficient (Wildman–Crippen LogP) is 4.83. The number of fused-ring (bicyclic) bond motifs is 2. The van der Waals surface area contributed by atoms with Gasteiger partial charge in [0.2, 0.25) is 0 Å². The zero-order valence-electron chi connectivity index (χ0n) is 9.91. The first-order valence-electron chi connectivity index (χ1n) is 6.25. The summed E-state index contributed by atoms with van der Waals surface area (Å²) in [7, 11) is 0. The van der Waals surface area contributed by atoms with E-state index >= 15 is 0 Å². The molecule has 0 saturated heterocycles. The van der Waals surface area contributed by atoms with E-state index in [1.54, 1.807) is 0 Å². The van der Waals surface area contributed by atoms with Gasteiger partial charge >= 0.3 is 0 Å². The van der Waals surface area contributed by atoms with Gasteiger partial charge in [0, 0.05) is 5.56 Å². The van der Waals surface area contributed by atoms with Crippen LogP contribution in [0, 0.1) is 17.0 Å². The summed E-state index contributed by atoms with van der Waals surface area (Å²) >= 11 is 5.68. The van der Waals surface area contributed by atoms with Crippen molar-refractivity contribution in [2.75, 3.05) is 0 Å². The highest BCUT2D eigenvalue weighted by Gasteiger charge is 2.54. The summed E-state index contributed by atoms with van der Waals surface area (Å²) in [5.74, 6) is -1.26. The standard InChI is InChI=1S/C14H14ClF3/c15-10-1-2-11(16)9(12(10)17)7-13-3-5-14(18,8-13)6-4-13/h1-2H,3-8H2. The monoisotopic (exact) mass is 274 g/mol. The molecule has 2 aliphatic rings. The number of hydrogen-bond donors (Lipinski definition) is 0. The molecule has 2 saturated carbocycles. The molecule has 2 fully saturated rings. The molecule has 0 spiro atoms. The van der Waals surface area contributed by atoms with Crippen LogP contribution >= 0.6 is 11.6 Å². The zero-order chi connectivity index (χ0) is 13.0. The van der Waals surface area contributed by atoms with Crippen LogP contribution in [-0.2, 0) is 6.42 Å². The quantitative estimate of drug-likeness (QED) is 0.678. The van der Waals surface area contributed by atoms with Gasteiger partial charge < -0.3 is 0 Å². The molecular formula is C14H14ClF3. The van der Waals surface area contributed by atoms with E-state index in [9.17, 15) is 13.2 Å². The second kappa shape index (κ2) is 3.89. The molecule has 1 aromatic carbocycles. The Morgan fingerprint density at radius 3 is 2.33 bits per heavy atom. The number of benzene rings is 1. The Kier molecular flexibility index (Phi) is 2.67. The van der Waals surface area contributed by atoms with E-state index in [1.165, 1.54) is 12.1 Å². The minimum Gasteiger partial charge on any atom is -0.244 e. The first kappa shape index (κ1) is 12.3. The summed E-state index contributed by atoms with van der Waals surface area (Å²) in [6.07, 6.45) is 3.18. The number of rotatable bonds is 2. The predicted molar refractivity (Wildman–Crippen MR) is 64.4 cm³/mol. The second-order valence-electron chi connectivity index (χ2n) is 5.83. The molecular weight excluding hydrogens is 261 g/mol. The van der Waals surface area contributed by atoms with Gasteiger partial charge in [-0.25, -0.2) is 13.2 Å². The van der Waals surface area contributed by atoms with Crippen LogP contribution in [0.5, 0.6) is 0 Å². The largest absolute Gasteiger partial charge is 0.244 e. The van der Waals surface area contributed by atoms with E-state index in [-0.39, 0.29) is 22.4 Å². The molecule has 0 N–H and O–H groups in total. The molecule has 0 unspecified atom stereocenters. The first-order valence-corrected chi connectivity index (χ1v) is 6.62. The summed E-state index contributed by atoms with van der Waals surface area (Å²) in [6, 6.07) is 2.40. The van der Waals surface area contributed by atoms with Gasteiger partial charge in [-0.1, -0.05) is 11.6 Å². The Labute approximate surface area is 109 Å². The van der Waals surface area contributed by atoms with E-state index in [4.69, 9.17) is 11.6 Å². The molecule has 2 aliphatic carbocycles. The maximum atomic E-state index is 14.1. The SMILES string of the molecule is Fc1ccc(Cl)c(F)c1CC12CCC(F)(CC1)C2. The topological polar surface area (TPSA) is 0 Å². The van der Waals surface area contributed by atoms with Crippen LogP contribution < -0.4 is 0 Å². The van der Waals surface area contributed by atoms with Crippen LogP contribution in [0.1, 0.15) is 37.7 Å². The molecule has 0 radical (unpaired) electrons. The highest BCUT2D eigenvalue weighted by atomic mass is 35.5. The molecule has 0 nitrogen and oxygen atoms in total. The molecule has 1 aromatic rings. The maximum Gasteiger partial charge on any atom is 0.147 e. The molecule has 2 bridgehead atoms. The van der Waals surface area contributed by atoms with Crippen molar-refractivity contribution in [2.24, 2.45) is 5.41 Å². The molecule has 18 heavy (non-hydrogen) atoms. The number of hydrogen-bond acceptors (Lipinski definition) is 0. The summed E-state index contributed by atoms with van der Waals surface area (Å²) < 4.78 is 41.7. The molecule has 98 valence electrons. The third kappa shape index (κ3) is 1.83. The van der Waals surface area contributed by atoms with E-state index < -0.39 is 17.3 Å². The van der Waals surface area contributed by atoms with Gasteiger partial charge in [-0.2, -0.15) is 0 Å². The van der Waals surface area contributed by atoms with Crippen LogP contribution in [0.2, 0.25) is 5.02 Å². The lowest BCUT2D eigenvalue weighted by atomic mass is 9.78. The van der Waals surface area contributed by atoms with Crippen LogP contribution in [0.3, 0.4) is 0 Å². The number of halogens is 4. The van der Waals surface area contributed by atoms with Crippen molar-refractivity contribution >= 4 is 11.6 Å². The van der Waals surface area contributed by atoms with Crippen LogP contribution in [0.25, 0.3) is 0 Å². The average molecular weight is 275 g/mol. The normalized spacial score (nSPS) is 34.2. The highest BCUT2D eigenvalue weighted by molar-refractivity contribution is 6.30. The van der Waals surface area contributed by atoms with Crippen molar-refractivity contribution in [2.45, 2.75) is 44.2 Å². The van der Waals surface area contributed by atoms with Gasteiger partial charge in [-0.3, -0.25) is 0 Å². The summed E-state index contributed by atoms with van der Waals surface area (Å²) in [6.45, 7) is 0. The van der Waals surface area contributed by atoms with Gasteiger partial charge in [0.25, 0.3) is 0 Å². The Hall–Kier alpha value is -0.700. The van der Waals surface area contributed by atoms with Crippen LogP contribution in [0.15, 0.2) is 12.1 Å². The van der Waals surface area contributed by atoms with Crippen molar-refractivity contribution in [3.8, 4) is 0 Å². The van der Waals surface area contributed by atoms with Crippen molar-refractivity contribution in [1.82, 2.24) is 0 Å². The summed E-state index contributed by atoms with van der Waals surface area (Å²) in [5.41, 5.74) is -1.33. The van der Waals surface area contributed by atoms with E-state index in [2.05, 4.69) is 0 Å². The van der Waals surface area contributed by atoms with E-state index in [1.807, 2.05) is 0 Å². The van der Waals surface area contributed by atoms with Gasteiger partial charge in [0.1, 0.15) is 17.3 Å². The Morgan fingerprint density at radius 1 is 1.11 bits per heavy atom. The lowest BCUT2D eigenvalue weighted by Crippen LogP contribution is -2.19. The Morgan fingerprint density at radius 2 is 1.78 bits per heavy atom. The number of alkyl halides is 1. The van der Waals surface area contributed by atoms with Gasteiger partial charge in [-0.05, 0) is 56.1 Å². The molecule has 0 aromatic heterocycles. The first-order chi connectivity index (χ1) is 8.43. The Bertz CT molecular complexity index is 490. The molecule has 0 atom stereocenters. The van der Waals surface area contributed by atoms with E-state index in [0.29, 0.717) is 19.3 Å². The van der Waals surface area contributed by atoms with Crippen molar-refractivity contribution in [3.63, 3.8) is 0 Å². The van der Waals surface area contributed by atoms with Crippen molar-refractivity contribution in [1.29, 1.82) is 0 Å². The minimum atomic E-state index is -1.09. The fourth-order valence-corrected chi connectivity index (χ4v) is 3.78. The third-order valence-electron chi connectivity index (χ3n) is 4.59. The molecule has 4 heteroatoms. The lowest BCUT2D eigenvalue weighted by molar-refractivity contribution is 0.176. The second-order valence-corrected chi connectivity index (χ2v) is 6.23. The fraction of sp³-hybridized carbons (Fsp3) is 0.571. The smallest absolute Gasteiger partial charge is 0.147 e. The summed E-state index contributed by atoms with van der Waals surface area (Å²) in [4.78, 5) is 0. The maximum absolute atomic E-state index is 14.1. The molecule has 0 amide bonds. The Balaban J connectivity index is 1.92. The molecule has 3 rings (SSSR count). The molecule has 0 heterocycles. The molecule has 0 aliphatic heterocycles.